The van der Waals surface area contributed by atoms with Crippen LogP contribution in [0.3, 0.4) is 0 Å². The van der Waals surface area contributed by atoms with Crippen LogP contribution < -0.4 is 9.80 Å². The Morgan fingerprint density at radius 1 is 1.09 bits per heavy atom. The van der Waals surface area contributed by atoms with Gasteiger partial charge in [0, 0.05) is 25.1 Å². The summed E-state index contributed by atoms with van der Waals surface area (Å²) in [7, 11) is 3.87. The average molecular weight is 378 g/mol. The van der Waals surface area contributed by atoms with Gasteiger partial charge in [0.2, 0.25) is 11.9 Å². The topological polar surface area (TPSA) is 45.2 Å². The highest BCUT2D eigenvalue weighted by Crippen LogP contribution is 2.33. The molecule has 0 saturated heterocycles. The van der Waals surface area contributed by atoms with Crippen LogP contribution >= 0.6 is 15.9 Å². The SMILES string of the molecule is CCN(c1nc(C)nc(N(C)C)n1)c1ccc(C(C)C)cc1Br. The lowest BCUT2D eigenvalue weighted by Gasteiger charge is -2.24. The first-order valence-electron chi connectivity index (χ1n) is 7.80. The minimum Gasteiger partial charge on any atom is -0.347 e. The average Bonchev–Trinajstić information content (AvgIpc) is 2.48. The van der Waals surface area contributed by atoms with E-state index >= 15 is 0 Å². The number of anilines is 3. The Morgan fingerprint density at radius 2 is 1.74 bits per heavy atom. The van der Waals surface area contributed by atoms with Gasteiger partial charge in [-0.3, -0.25) is 0 Å². The molecule has 0 aliphatic rings. The van der Waals surface area contributed by atoms with Gasteiger partial charge in [0.15, 0.2) is 0 Å². The van der Waals surface area contributed by atoms with Crippen LogP contribution in [0.2, 0.25) is 0 Å². The predicted octanol–water partition coefficient (Wildman–Crippen LogP) is 4.29. The molecule has 1 aromatic carbocycles. The standard InChI is InChI=1S/C17H24BrN5/c1-7-23(15-9-8-13(11(2)3)10-14(15)18)17-20-12(4)19-16(21-17)22(5)6/h8-11H,7H2,1-6H3. The second-order valence-electron chi connectivity index (χ2n) is 5.99. The zero-order chi connectivity index (χ0) is 17.1. The Morgan fingerprint density at radius 3 is 2.26 bits per heavy atom. The summed E-state index contributed by atoms with van der Waals surface area (Å²) in [6, 6.07) is 6.45. The molecule has 0 saturated carbocycles. The highest BCUT2D eigenvalue weighted by molar-refractivity contribution is 9.10. The molecule has 0 fully saturated rings. The van der Waals surface area contributed by atoms with Crippen LogP contribution in [0.4, 0.5) is 17.6 Å². The van der Waals surface area contributed by atoms with E-state index in [0.29, 0.717) is 23.6 Å². The van der Waals surface area contributed by atoms with E-state index in [2.05, 4.69) is 74.8 Å². The predicted molar refractivity (Wildman–Crippen MR) is 99.8 cm³/mol. The summed E-state index contributed by atoms with van der Waals surface area (Å²) in [4.78, 5) is 17.5. The Kier molecular flexibility index (Phi) is 5.57. The van der Waals surface area contributed by atoms with Crippen molar-refractivity contribution in [2.45, 2.75) is 33.6 Å². The molecule has 1 heterocycles. The first kappa shape index (κ1) is 17.7. The maximum absolute atomic E-state index is 4.59. The van der Waals surface area contributed by atoms with Crippen molar-refractivity contribution in [2.75, 3.05) is 30.4 Å². The molecule has 2 rings (SSSR count). The van der Waals surface area contributed by atoms with Gasteiger partial charge in [-0.05, 0) is 53.4 Å². The summed E-state index contributed by atoms with van der Waals surface area (Å²) in [5.41, 5.74) is 2.37. The number of halogens is 1. The van der Waals surface area contributed by atoms with Gasteiger partial charge in [0.05, 0.1) is 5.69 Å². The molecule has 0 unspecified atom stereocenters. The summed E-state index contributed by atoms with van der Waals surface area (Å²) >= 11 is 3.70. The van der Waals surface area contributed by atoms with E-state index in [1.54, 1.807) is 0 Å². The number of benzene rings is 1. The third kappa shape index (κ3) is 3.99. The largest absolute Gasteiger partial charge is 0.347 e. The number of aryl methyl sites for hydroxylation is 1. The van der Waals surface area contributed by atoms with E-state index in [-0.39, 0.29) is 0 Å². The van der Waals surface area contributed by atoms with Crippen LogP contribution in [0, 0.1) is 6.92 Å². The summed E-state index contributed by atoms with van der Waals surface area (Å²) in [5.74, 6) is 2.55. The fourth-order valence-electron chi connectivity index (χ4n) is 2.30. The maximum atomic E-state index is 4.59. The van der Waals surface area contributed by atoms with Crippen molar-refractivity contribution in [3.63, 3.8) is 0 Å². The Bertz CT molecular complexity index is 685. The van der Waals surface area contributed by atoms with Crippen molar-refractivity contribution in [3.8, 4) is 0 Å². The molecular formula is C17H24BrN5. The Balaban J connectivity index is 2.48. The van der Waals surface area contributed by atoms with Gasteiger partial charge in [-0.2, -0.15) is 15.0 Å². The van der Waals surface area contributed by atoms with Crippen LogP contribution in [-0.2, 0) is 0 Å². The molecule has 0 N–H and O–H groups in total. The highest BCUT2D eigenvalue weighted by Gasteiger charge is 2.17. The number of nitrogens with zero attached hydrogens (tertiary/aromatic N) is 5. The van der Waals surface area contributed by atoms with Gasteiger partial charge < -0.3 is 9.80 Å². The molecule has 6 heteroatoms. The van der Waals surface area contributed by atoms with Gasteiger partial charge in [-0.15, -0.1) is 0 Å². The van der Waals surface area contributed by atoms with Crippen LogP contribution in [0.25, 0.3) is 0 Å². The van der Waals surface area contributed by atoms with Gasteiger partial charge in [0.1, 0.15) is 5.82 Å². The molecule has 2 aromatic rings. The molecule has 0 amide bonds. The summed E-state index contributed by atoms with van der Waals surface area (Å²) in [6.45, 7) is 9.14. The Labute approximate surface area is 146 Å². The van der Waals surface area contributed by atoms with Crippen molar-refractivity contribution in [3.05, 3.63) is 34.1 Å². The molecule has 1 aromatic heterocycles. The van der Waals surface area contributed by atoms with Crippen molar-refractivity contribution >= 4 is 33.5 Å². The molecule has 0 aliphatic carbocycles. The fraction of sp³-hybridized carbons (Fsp3) is 0.471. The van der Waals surface area contributed by atoms with E-state index in [0.717, 1.165) is 16.7 Å². The van der Waals surface area contributed by atoms with E-state index in [1.807, 2.05) is 25.9 Å². The maximum Gasteiger partial charge on any atom is 0.234 e. The van der Waals surface area contributed by atoms with E-state index < -0.39 is 0 Å². The quantitative estimate of drug-likeness (QED) is 0.777. The van der Waals surface area contributed by atoms with E-state index in [9.17, 15) is 0 Å². The zero-order valence-electron chi connectivity index (χ0n) is 14.6. The molecule has 5 nitrogen and oxygen atoms in total. The normalized spacial score (nSPS) is 11.0. The van der Waals surface area contributed by atoms with Crippen LogP contribution in [0.5, 0.6) is 0 Å². The second kappa shape index (κ2) is 7.25. The third-order valence-corrected chi connectivity index (χ3v) is 4.25. The van der Waals surface area contributed by atoms with Crippen molar-refractivity contribution in [1.29, 1.82) is 0 Å². The summed E-state index contributed by atoms with van der Waals surface area (Å²) in [6.07, 6.45) is 0. The van der Waals surface area contributed by atoms with Crippen molar-refractivity contribution < 1.29 is 0 Å². The minimum absolute atomic E-state index is 0.496. The highest BCUT2D eigenvalue weighted by atomic mass is 79.9. The number of rotatable bonds is 5. The van der Waals surface area contributed by atoms with Gasteiger partial charge >= 0.3 is 0 Å². The number of hydrogen-bond donors (Lipinski definition) is 0. The summed E-state index contributed by atoms with van der Waals surface area (Å²) < 4.78 is 1.05. The Hall–Kier alpha value is -1.69. The molecule has 0 spiro atoms. The molecule has 124 valence electrons. The number of hydrogen-bond acceptors (Lipinski definition) is 5. The molecule has 0 atom stereocenters. The van der Waals surface area contributed by atoms with Gasteiger partial charge in [-0.1, -0.05) is 19.9 Å². The minimum atomic E-state index is 0.496. The molecular weight excluding hydrogens is 354 g/mol. The second-order valence-corrected chi connectivity index (χ2v) is 6.84. The fourth-order valence-corrected chi connectivity index (χ4v) is 2.91. The van der Waals surface area contributed by atoms with Crippen molar-refractivity contribution in [1.82, 2.24) is 15.0 Å². The molecule has 23 heavy (non-hydrogen) atoms. The lowest BCUT2D eigenvalue weighted by Crippen LogP contribution is -2.22. The third-order valence-electron chi connectivity index (χ3n) is 3.61. The lowest BCUT2D eigenvalue weighted by atomic mass is 10.0. The first-order valence-corrected chi connectivity index (χ1v) is 8.59. The van der Waals surface area contributed by atoms with Gasteiger partial charge in [-0.25, -0.2) is 0 Å². The molecule has 0 aliphatic heterocycles. The van der Waals surface area contributed by atoms with Crippen LogP contribution in [0.15, 0.2) is 22.7 Å². The van der Waals surface area contributed by atoms with Gasteiger partial charge in [0.25, 0.3) is 0 Å². The number of aromatic nitrogens is 3. The first-order chi connectivity index (χ1) is 10.8. The summed E-state index contributed by atoms with van der Waals surface area (Å²) in [5, 5.41) is 0. The monoisotopic (exact) mass is 377 g/mol. The van der Waals surface area contributed by atoms with E-state index in [4.69, 9.17) is 0 Å². The van der Waals surface area contributed by atoms with Crippen LogP contribution in [0.1, 0.15) is 38.1 Å². The zero-order valence-corrected chi connectivity index (χ0v) is 16.2. The molecule has 0 radical (unpaired) electrons. The van der Waals surface area contributed by atoms with E-state index in [1.165, 1.54) is 5.56 Å². The van der Waals surface area contributed by atoms with Crippen LogP contribution in [-0.4, -0.2) is 35.6 Å². The lowest BCUT2D eigenvalue weighted by molar-refractivity contribution is 0.856. The smallest absolute Gasteiger partial charge is 0.234 e. The molecule has 0 bridgehead atoms. The van der Waals surface area contributed by atoms with Crippen molar-refractivity contribution in [2.24, 2.45) is 0 Å².